The summed E-state index contributed by atoms with van der Waals surface area (Å²) in [6.45, 7) is 0. The van der Waals surface area contributed by atoms with Crippen LogP contribution in [-0.2, 0) is 0 Å². The van der Waals surface area contributed by atoms with Crippen LogP contribution in [0, 0.1) is 10.1 Å². The third kappa shape index (κ3) is 4.13. The zero-order valence-corrected chi connectivity index (χ0v) is 18.0. The third-order valence-corrected chi connectivity index (χ3v) is 6.68. The van der Waals surface area contributed by atoms with Crippen molar-refractivity contribution in [3.05, 3.63) is 103 Å². The van der Waals surface area contributed by atoms with E-state index in [0.717, 1.165) is 11.3 Å². The Morgan fingerprint density at radius 1 is 1.06 bits per heavy atom. The summed E-state index contributed by atoms with van der Waals surface area (Å²) in [5.74, 6) is -0.538. The second-order valence-corrected chi connectivity index (χ2v) is 8.49. The number of aliphatic hydroxyl groups is 1. The highest BCUT2D eigenvalue weighted by Crippen LogP contribution is 2.41. The molecule has 1 atom stereocenters. The summed E-state index contributed by atoms with van der Waals surface area (Å²) in [6.07, 6.45) is -1.02. The van der Waals surface area contributed by atoms with Gasteiger partial charge in [0, 0.05) is 27.7 Å². The second kappa shape index (κ2) is 8.64. The zero-order valence-electron chi connectivity index (χ0n) is 15.7. The van der Waals surface area contributed by atoms with E-state index in [-0.39, 0.29) is 15.6 Å². The Kier molecular flexibility index (Phi) is 5.93. The van der Waals surface area contributed by atoms with Gasteiger partial charge >= 0.3 is 0 Å². The molecule has 1 aromatic heterocycles. The van der Waals surface area contributed by atoms with Gasteiger partial charge in [0.05, 0.1) is 9.95 Å². The standard InChI is InChI=1S/C22H14Cl2N2O4S/c23-13-9-10-16(15(11-13)19(27)12-5-2-1-3-6-12)25-22(28)21-18(24)14-7-4-8-17(26(29)30)20(14)31-21/h1-11,19,27H,(H,25,28)/t19-/m0/s1. The number of hydrogen-bond acceptors (Lipinski definition) is 5. The fraction of sp³-hybridized carbons (Fsp3) is 0.0455. The van der Waals surface area contributed by atoms with Gasteiger partial charge in [-0.1, -0.05) is 65.7 Å². The van der Waals surface area contributed by atoms with Gasteiger partial charge < -0.3 is 10.4 Å². The van der Waals surface area contributed by atoms with Gasteiger partial charge in [-0.2, -0.15) is 0 Å². The highest BCUT2D eigenvalue weighted by atomic mass is 35.5. The number of benzene rings is 3. The van der Waals surface area contributed by atoms with E-state index in [1.807, 2.05) is 6.07 Å². The number of carbonyl (C=O) groups is 1. The molecule has 0 spiro atoms. The van der Waals surface area contributed by atoms with Crippen LogP contribution < -0.4 is 5.32 Å². The summed E-state index contributed by atoms with van der Waals surface area (Å²) in [5, 5.41) is 25.9. The summed E-state index contributed by atoms with van der Waals surface area (Å²) < 4.78 is 0.322. The summed E-state index contributed by atoms with van der Waals surface area (Å²) in [7, 11) is 0. The number of non-ortho nitro benzene ring substituents is 1. The number of halogens is 2. The van der Waals surface area contributed by atoms with Crippen LogP contribution in [0.3, 0.4) is 0 Å². The number of nitro groups is 1. The van der Waals surface area contributed by atoms with Crippen molar-refractivity contribution in [2.75, 3.05) is 5.32 Å². The minimum absolute atomic E-state index is 0.116. The highest BCUT2D eigenvalue weighted by Gasteiger charge is 2.24. The Morgan fingerprint density at radius 3 is 2.52 bits per heavy atom. The Labute approximate surface area is 190 Å². The quantitative estimate of drug-likeness (QED) is 0.257. The molecular weight excluding hydrogens is 459 g/mol. The molecule has 0 radical (unpaired) electrons. The topological polar surface area (TPSA) is 92.5 Å². The maximum Gasteiger partial charge on any atom is 0.287 e. The van der Waals surface area contributed by atoms with E-state index in [9.17, 15) is 20.0 Å². The molecule has 6 nitrogen and oxygen atoms in total. The van der Waals surface area contributed by atoms with Crippen molar-refractivity contribution in [3.8, 4) is 0 Å². The first-order valence-corrected chi connectivity index (χ1v) is 10.6. The smallest absolute Gasteiger partial charge is 0.287 e. The van der Waals surface area contributed by atoms with E-state index in [1.165, 1.54) is 12.1 Å². The number of nitrogens with zero attached hydrogens (tertiary/aromatic N) is 1. The lowest BCUT2D eigenvalue weighted by Crippen LogP contribution is -2.14. The molecule has 0 aliphatic rings. The Hall–Kier alpha value is -2.97. The maximum absolute atomic E-state index is 13.0. The van der Waals surface area contributed by atoms with Gasteiger partial charge in [0.1, 0.15) is 15.7 Å². The average Bonchev–Trinajstić information content (AvgIpc) is 3.11. The lowest BCUT2D eigenvalue weighted by Gasteiger charge is -2.17. The lowest BCUT2D eigenvalue weighted by molar-refractivity contribution is -0.382. The van der Waals surface area contributed by atoms with Crippen LogP contribution >= 0.6 is 34.5 Å². The fourth-order valence-corrected chi connectivity index (χ4v) is 4.90. The van der Waals surface area contributed by atoms with Gasteiger partial charge in [-0.25, -0.2) is 0 Å². The van der Waals surface area contributed by atoms with E-state index in [1.54, 1.807) is 48.5 Å². The molecule has 0 fully saturated rings. The first-order valence-electron chi connectivity index (χ1n) is 9.06. The molecule has 31 heavy (non-hydrogen) atoms. The van der Waals surface area contributed by atoms with Crippen molar-refractivity contribution in [1.29, 1.82) is 0 Å². The largest absolute Gasteiger partial charge is 0.384 e. The van der Waals surface area contributed by atoms with Crippen LogP contribution in [0.1, 0.15) is 26.9 Å². The summed E-state index contributed by atoms with van der Waals surface area (Å²) in [4.78, 5) is 24.0. The van der Waals surface area contributed by atoms with Crippen molar-refractivity contribution in [3.63, 3.8) is 0 Å². The van der Waals surface area contributed by atoms with Gasteiger partial charge in [0.2, 0.25) is 0 Å². The number of hydrogen-bond donors (Lipinski definition) is 2. The van der Waals surface area contributed by atoms with Gasteiger partial charge in [-0.3, -0.25) is 14.9 Å². The van der Waals surface area contributed by atoms with Gasteiger partial charge in [-0.05, 0) is 23.8 Å². The van der Waals surface area contributed by atoms with E-state index >= 15 is 0 Å². The molecule has 4 rings (SSSR count). The summed E-state index contributed by atoms with van der Waals surface area (Å²) >= 11 is 13.4. The Bertz CT molecular complexity index is 1310. The molecule has 0 saturated heterocycles. The molecule has 9 heteroatoms. The van der Waals surface area contributed by atoms with Crippen LogP contribution in [0.5, 0.6) is 0 Å². The number of nitrogens with one attached hydrogen (secondary N) is 1. The molecule has 0 saturated carbocycles. The number of aliphatic hydroxyl groups excluding tert-OH is 1. The van der Waals surface area contributed by atoms with Crippen LogP contribution in [0.2, 0.25) is 10.0 Å². The lowest BCUT2D eigenvalue weighted by atomic mass is 10.00. The normalized spacial score (nSPS) is 12.0. The van der Waals surface area contributed by atoms with Crippen molar-refractivity contribution in [1.82, 2.24) is 0 Å². The maximum atomic E-state index is 13.0. The fourth-order valence-electron chi connectivity index (χ4n) is 3.23. The summed E-state index contributed by atoms with van der Waals surface area (Å²) in [6, 6.07) is 18.2. The number of anilines is 1. The molecule has 0 aliphatic carbocycles. The van der Waals surface area contributed by atoms with E-state index < -0.39 is 16.9 Å². The first kappa shape index (κ1) is 21.3. The third-order valence-electron chi connectivity index (χ3n) is 4.71. The predicted molar refractivity (Wildman–Crippen MR) is 123 cm³/mol. The monoisotopic (exact) mass is 472 g/mol. The van der Waals surface area contributed by atoms with Crippen molar-refractivity contribution < 1.29 is 14.8 Å². The SMILES string of the molecule is O=C(Nc1ccc(Cl)cc1[C@@H](O)c1ccccc1)c1sc2c([N+](=O)[O-])cccc2c1Cl. The first-order chi connectivity index (χ1) is 14.9. The van der Waals surface area contributed by atoms with Crippen LogP contribution in [0.15, 0.2) is 66.7 Å². The van der Waals surface area contributed by atoms with Crippen LogP contribution in [-0.4, -0.2) is 15.9 Å². The van der Waals surface area contributed by atoms with Gasteiger partial charge in [0.25, 0.3) is 11.6 Å². The van der Waals surface area contributed by atoms with Gasteiger partial charge in [0.15, 0.2) is 0 Å². The average molecular weight is 473 g/mol. The van der Waals surface area contributed by atoms with Crippen molar-refractivity contribution >= 4 is 61.9 Å². The van der Waals surface area contributed by atoms with E-state index in [0.29, 0.717) is 31.9 Å². The molecular formula is C22H14Cl2N2O4S. The molecule has 0 bridgehead atoms. The van der Waals surface area contributed by atoms with Crippen molar-refractivity contribution in [2.24, 2.45) is 0 Å². The van der Waals surface area contributed by atoms with Crippen molar-refractivity contribution in [2.45, 2.75) is 6.10 Å². The minimum atomic E-state index is -1.02. The molecule has 0 unspecified atom stereocenters. The Morgan fingerprint density at radius 2 is 1.81 bits per heavy atom. The number of nitro benzene ring substituents is 1. The number of thiophene rings is 1. The number of rotatable bonds is 5. The van der Waals surface area contributed by atoms with Gasteiger partial charge in [-0.15, -0.1) is 11.3 Å². The van der Waals surface area contributed by atoms with E-state index in [2.05, 4.69) is 5.32 Å². The second-order valence-electron chi connectivity index (χ2n) is 6.66. The zero-order chi connectivity index (χ0) is 22.1. The Balaban J connectivity index is 1.72. The summed E-state index contributed by atoms with van der Waals surface area (Å²) in [5.41, 5.74) is 1.29. The van der Waals surface area contributed by atoms with Crippen LogP contribution in [0.25, 0.3) is 10.1 Å². The van der Waals surface area contributed by atoms with E-state index in [4.69, 9.17) is 23.2 Å². The van der Waals surface area contributed by atoms with Crippen LogP contribution in [0.4, 0.5) is 11.4 Å². The number of fused-ring (bicyclic) bond motifs is 1. The molecule has 2 N–H and O–H groups in total. The predicted octanol–water partition coefficient (Wildman–Crippen LogP) is 6.45. The molecule has 156 valence electrons. The number of amides is 1. The molecule has 0 aliphatic heterocycles. The molecule has 1 heterocycles. The molecule has 3 aromatic carbocycles. The minimum Gasteiger partial charge on any atom is -0.384 e. The highest BCUT2D eigenvalue weighted by molar-refractivity contribution is 7.22. The number of carbonyl (C=O) groups excluding carboxylic acids is 1. The molecule has 4 aromatic rings. The molecule has 1 amide bonds.